The highest BCUT2D eigenvalue weighted by Gasteiger charge is 2.00. The summed E-state index contributed by atoms with van der Waals surface area (Å²) in [5.74, 6) is 1.00. The Hall–Kier alpha value is -1.51. The zero-order chi connectivity index (χ0) is 8.10. The first kappa shape index (κ1) is 7.60. The normalized spacial score (nSPS) is 10.3. The van der Waals surface area contributed by atoms with E-state index >= 15 is 0 Å². The molecule has 0 aliphatic rings. The second-order valence-electron chi connectivity index (χ2n) is 1.89. The van der Waals surface area contributed by atoms with Crippen molar-refractivity contribution < 1.29 is 9.26 Å². The van der Waals surface area contributed by atoms with E-state index < -0.39 is 0 Å². The maximum atomic E-state index is 5.03. The average molecular weight is 151 g/mol. The Morgan fingerprint density at radius 1 is 1.82 bits per heavy atom. The minimum absolute atomic E-state index is 0.459. The summed E-state index contributed by atoms with van der Waals surface area (Å²) in [6.45, 7) is 5.48. The second-order valence-corrected chi connectivity index (χ2v) is 1.89. The van der Waals surface area contributed by atoms with Gasteiger partial charge in [0.1, 0.15) is 0 Å². The Kier molecular flexibility index (Phi) is 2.49. The summed E-state index contributed by atoms with van der Waals surface area (Å²) in [6.07, 6.45) is 4.84. The molecule has 0 amide bonds. The van der Waals surface area contributed by atoms with E-state index in [0.29, 0.717) is 11.5 Å². The standard InChI is InChI=1S/C8H9NO2/c1-3-6-10-7(2)8-4-5-9-11-8/h3-6H,2H2,1H3. The smallest absolute Gasteiger partial charge is 0.201 e. The van der Waals surface area contributed by atoms with Crippen LogP contribution in [-0.2, 0) is 4.74 Å². The van der Waals surface area contributed by atoms with Gasteiger partial charge in [-0.25, -0.2) is 0 Å². The van der Waals surface area contributed by atoms with Crippen molar-refractivity contribution in [1.29, 1.82) is 0 Å². The maximum Gasteiger partial charge on any atom is 0.201 e. The van der Waals surface area contributed by atoms with Crippen LogP contribution in [0.4, 0.5) is 0 Å². The van der Waals surface area contributed by atoms with Gasteiger partial charge in [0.15, 0.2) is 5.76 Å². The second kappa shape index (κ2) is 3.61. The van der Waals surface area contributed by atoms with Gasteiger partial charge in [-0.15, -0.1) is 0 Å². The fraction of sp³-hybridized carbons (Fsp3) is 0.125. The van der Waals surface area contributed by atoms with Crippen LogP contribution in [0.5, 0.6) is 0 Å². The van der Waals surface area contributed by atoms with Gasteiger partial charge in [0.2, 0.25) is 5.76 Å². The van der Waals surface area contributed by atoms with Gasteiger partial charge in [-0.05, 0) is 6.92 Å². The minimum atomic E-state index is 0.459. The molecule has 0 aromatic carbocycles. The molecule has 0 N–H and O–H groups in total. The van der Waals surface area contributed by atoms with E-state index in [9.17, 15) is 0 Å². The summed E-state index contributed by atoms with van der Waals surface area (Å²) in [5, 5.41) is 3.51. The molecule has 3 heteroatoms. The summed E-state index contributed by atoms with van der Waals surface area (Å²) < 4.78 is 9.81. The lowest BCUT2D eigenvalue weighted by molar-refractivity contribution is 0.364. The maximum absolute atomic E-state index is 5.03. The first-order chi connectivity index (χ1) is 5.34. The van der Waals surface area contributed by atoms with Crippen molar-refractivity contribution in [3.8, 4) is 0 Å². The van der Waals surface area contributed by atoms with Gasteiger partial charge in [-0.3, -0.25) is 0 Å². The molecule has 0 spiro atoms. The van der Waals surface area contributed by atoms with Crippen molar-refractivity contribution in [2.45, 2.75) is 6.92 Å². The van der Waals surface area contributed by atoms with Crippen LogP contribution in [0, 0.1) is 0 Å². The molecular formula is C8H9NO2. The molecule has 1 rings (SSSR count). The minimum Gasteiger partial charge on any atom is -0.462 e. The van der Waals surface area contributed by atoms with Gasteiger partial charge in [0.25, 0.3) is 0 Å². The SMILES string of the molecule is C=C(OC=CC)c1ccno1. The lowest BCUT2D eigenvalue weighted by atomic mass is 10.4. The van der Waals surface area contributed by atoms with E-state index in [0.717, 1.165) is 0 Å². The van der Waals surface area contributed by atoms with Gasteiger partial charge in [0.05, 0.1) is 12.5 Å². The summed E-state index contributed by atoms with van der Waals surface area (Å²) in [4.78, 5) is 0. The third-order valence-corrected chi connectivity index (χ3v) is 1.06. The molecule has 1 aromatic rings. The Labute approximate surface area is 65.0 Å². The molecule has 0 aliphatic heterocycles. The van der Waals surface area contributed by atoms with Gasteiger partial charge in [-0.1, -0.05) is 17.8 Å². The fourth-order valence-electron chi connectivity index (χ4n) is 0.568. The van der Waals surface area contributed by atoms with Crippen LogP contribution in [0.2, 0.25) is 0 Å². The molecule has 1 aromatic heterocycles. The monoisotopic (exact) mass is 151 g/mol. The zero-order valence-electron chi connectivity index (χ0n) is 6.28. The molecule has 0 unspecified atom stereocenters. The summed E-state index contributed by atoms with van der Waals surface area (Å²) in [7, 11) is 0. The van der Waals surface area contributed by atoms with E-state index in [1.54, 1.807) is 18.3 Å². The van der Waals surface area contributed by atoms with Crippen molar-refractivity contribution >= 4 is 5.76 Å². The molecule has 0 atom stereocenters. The molecular weight excluding hydrogens is 142 g/mol. The number of ether oxygens (including phenoxy) is 1. The van der Waals surface area contributed by atoms with Crippen molar-refractivity contribution in [2.75, 3.05) is 0 Å². The summed E-state index contributed by atoms with van der Waals surface area (Å²) in [5.41, 5.74) is 0. The Morgan fingerprint density at radius 2 is 2.64 bits per heavy atom. The number of allylic oxidation sites excluding steroid dienone is 1. The summed E-state index contributed by atoms with van der Waals surface area (Å²) >= 11 is 0. The lowest BCUT2D eigenvalue weighted by Crippen LogP contribution is -1.79. The topological polar surface area (TPSA) is 35.3 Å². The van der Waals surface area contributed by atoms with E-state index in [4.69, 9.17) is 9.26 Å². The van der Waals surface area contributed by atoms with E-state index in [1.807, 2.05) is 6.92 Å². The highest BCUT2D eigenvalue weighted by atomic mass is 16.5. The first-order valence-corrected chi connectivity index (χ1v) is 3.22. The predicted molar refractivity (Wildman–Crippen MR) is 41.4 cm³/mol. The van der Waals surface area contributed by atoms with Crippen LogP contribution in [0.3, 0.4) is 0 Å². The Morgan fingerprint density at radius 3 is 3.18 bits per heavy atom. The number of hydrogen-bond acceptors (Lipinski definition) is 3. The third-order valence-electron chi connectivity index (χ3n) is 1.06. The predicted octanol–water partition coefficient (Wildman–Crippen LogP) is 2.20. The molecule has 0 bridgehead atoms. The van der Waals surface area contributed by atoms with Crippen LogP contribution in [0.25, 0.3) is 5.76 Å². The van der Waals surface area contributed by atoms with Gasteiger partial charge >= 0.3 is 0 Å². The zero-order valence-corrected chi connectivity index (χ0v) is 6.28. The number of aromatic nitrogens is 1. The number of rotatable bonds is 3. The third kappa shape index (κ3) is 1.97. The molecule has 0 saturated carbocycles. The van der Waals surface area contributed by atoms with Gasteiger partial charge < -0.3 is 9.26 Å². The van der Waals surface area contributed by atoms with Crippen molar-refractivity contribution in [2.24, 2.45) is 0 Å². The van der Waals surface area contributed by atoms with Crippen molar-refractivity contribution in [3.05, 3.63) is 36.9 Å². The quantitative estimate of drug-likeness (QED) is 0.621. The highest BCUT2D eigenvalue weighted by molar-refractivity contribution is 5.51. The van der Waals surface area contributed by atoms with E-state index in [1.165, 1.54) is 6.26 Å². The highest BCUT2D eigenvalue weighted by Crippen LogP contribution is 2.11. The molecule has 0 fully saturated rings. The molecule has 0 radical (unpaired) electrons. The first-order valence-electron chi connectivity index (χ1n) is 3.22. The van der Waals surface area contributed by atoms with E-state index in [2.05, 4.69) is 11.7 Å². The largest absolute Gasteiger partial charge is 0.462 e. The van der Waals surface area contributed by atoms with Crippen LogP contribution in [-0.4, -0.2) is 5.16 Å². The molecule has 11 heavy (non-hydrogen) atoms. The van der Waals surface area contributed by atoms with Crippen molar-refractivity contribution in [3.63, 3.8) is 0 Å². The molecule has 0 saturated heterocycles. The summed E-state index contributed by atoms with van der Waals surface area (Å²) in [6, 6.07) is 1.69. The molecule has 58 valence electrons. The number of hydrogen-bond donors (Lipinski definition) is 0. The van der Waals surface area contributed by atoms with Gasteiger partial charge in [-0.2, -0.15) is 0 Å². The Balaban J connectivity index is 2.56. The van der Waals surface area contributed by atoms with Crippen LogP contribution in [0.1, 0.15) is 12.7 Å². The average Bonchev–Trinajstić information content (AvgIpc) is 2.52. The molecule has 3 nitrogen and oxygen atoms in total. The van der Waals surface area contributed by atoms with Crippen molar-refractivity contribution in [1.82, 2.24) is 5.16 Å². The number of nitrogens with zero attached hydrogens (tertiary/aromatic N) is 1. The van der Waals surface area contributed by atoms with Crippen LogP contribution < -0.4 is 0 Å². The van der Waals surface area contributed by atoms with Crippen LogP contribution >= 0.6 is 0 Å². The van der Waals surface area contributed by atoms with E-state index in [-0.39, 0.29) is 0 Å². The van der Waals surface area contributed by atoms with Gasteiger partial charge in [0, 0.05) is 6.07 Å². The fourth-order valence-corrected chi connectivity index (χ4v) is 0.568. The van der Waals surface area contributed by atoms with Crippen LogP contribution in [0.15, 0.2) is 35.7 Å². The molecule has 0 aliphatic carbocycles. The Bertz CT molecular complexity index is 249. The molecule has 1 heterocycles. The lowest BCUT2D eigenvalue weighted by Gasteiger charge is -1.97.